The van der Waals surface area contributed by atoms with Crippen LogP contribution in [0, 0.1) is 0 Å². The summed E-state index contributed by atoms with van der Waals surface area (Å²) in [7, 11) is 0. The number of halogens is 2. The number of amides is 1. The van der Waals surface area contributed by atoms with E-state index in [4.69, 9.17) is 40.5 Å². The number of carbonyl (C=O) groups excluding carboxylic acids is 1. The van der Waals surface area contributed by atoms with Crippen LogP contribution in [0.15, 0.2) is 18.2 Å². The van der Waals surface area contributed by atoms with Crippen LogP contribution in [0.4, 0.5) is 0 Å². The maximum Gasteiger partial charge on any atom is 0.323 e. The molecule has 0 spiro atoms. The molecular formula is C13H11Cl2NO3S2. The van der Waals surface area contributed by atoms with Crippen molar-refractivity contribution >= 4 is 63.4 Å². The first-order chi connectivity index (χ1) is 9.81. The van der Waals surface area contributed by atoms with E-state index in [2.05, 4.69) is 0 Å². The summed E-state index contributed by atoms with van der Waals surface area (Å²) in [6, 6.07) is 5.19. The van der Waals surface area contributed by atoms with Crippen LogP contribution in [-0.2, 0) is 9.59 Å². The molecule has 1 saturated heterocycles. The number of thiocarbonyl (C=S) groups is 1. The fourth-order valence-electron chi connectivity index (χ4n) is 2.03. The fourth-order valence-corrected chi connectivity index (χ4v) is 3.89. The van der Waals surface area contributed by atoms with Crippen LogP contribution in [0.5, 0.6) is 0 Å². The third-order valence-corrected chi connectivity index (χ3v) is 5.71. The van der Waals surface area contributed by atoms with Crippen molar-refractivity contribution in [3.05, 3.63) is 33.8 Å². The summed E-state index contributed by atoms with van der Waals surface area (Å²) in [5.41, 5.74) is 0.857. The lowest BCUT2D eigenvalue weighted by molar-refractivity contribution is -0.141. The lowest BCUT2D eigenvalue weighted by atomic mass is 9.97. The quantitative estimate of drug-likeness (QED) is 0.830. The monoisotopic (exact) mass is 363 g/mol. The van der Waals surface area contributed by atoms with Gasteiger partial charge in [-0.2, -0.15) is 0 Å². The molecule has 0 bridgehead atoms. The van der Waals surface area contributed by atoms with Gasteiger partial charge in [0.2, 0.25) is 5.91 Å². The molecule has 4 nitrogen and oxygen atoms in total. The van der Waals surface area contributed by atoms with E-state index >= 15 is 0 Å². The second-order valence-electron chi connectivity index (χ2n) is 4.58. The molecule has 1 N–H and O–H groups in total. The van der Waals surface area contributed by atoms with Gasteiger partial charge < -0.3 is 5.11 Å². The topological polar surface area (TPSA) is 57.6 Å². The van der Waals surface area contributed by atoms with Crippen molar-refractivity contribution in [1.29, 1.82) is 0 Å². The fraction of sp³-hybridized carbons (Fsp3) is 0.308. The first-order valence-corrected chi connectivity index (χ1v) is 8.04. The van der Waals surface area contributed by atoms with Crippen LogP contribution in [-0.4, -0.2) is 38.0 Å². The standard InChI is InChI=1S/C13H11Cl2NO3S2/c1-6(7-2-3-8(14)9(15)4-7)11-12(19)16(5-10(17)18)13(20)21-11/h2-4,6,11H,5H2,1H3,(H,17,18). The van der Waals surface area contributed by atoms with Gasteiger partial charge in [-0.3, -0.25) is 14.5 Å². The maximum atomic E-state index is 12.3. The van der Waals surface area contributed by atoms with Crippen LogP contribution in [0.1, 0.15) is 18.4 Å². The number of rotatable bonds is 4. The van der Waals surface area contributed by atoms with Crippen molar-refractivity contribution in [3.8, 4) is 0 Å². The zero-order valence-electron chi connectivity index (χ0n) is 10.9. The minimum Gasteiger partial charge on any atom is -0.480 e. The van der Waals surface area contributed by atoms with Crippen LogP contribution in [0.2, 0.25) is 10.0 Å². The molecule has 1 fully saturated rings. The van der Waals surface area contributed by atoms with E-state index in [-0.39, 0.29) is 11.8 Å². The summed E-state index contributed by atoms with van der Waals surface area (Å²) in [5.74, 6) is -1.53. The van der Waals surface area contributed by atoms with Gasteiger partial charge in [0.25, 0.3) is 0 Å². The van der Waals surface area contributed by atoms with Gasteiger partial charge in [-0.15, -0.1) is 0 Å². The minimum atomic E-state index is -1.09. The van der Waals surface area contributed by atoms with Crippen molar-refractivity contribution in [2.45, 2.75) is 18.1 Å². The smallest absolute Gasteiger partial charge is 0.323 e. The summed E-state index contributed by atoms with van der Waals surface area (Å²) in [4.78, 5) is 24.2. The predicted molar refractivity (Wildman–Crippen MR) is 88.2 cm³/mol. The molecule has 1 aromatic carbocycles. The van der Waals surface area contributed by atoms with Crippen LogP contribution < -0.4 is 0 Å². The van der Waals surface area contributed by atoms with Gasteiger partial charge in [-0.25, -0.2) is 0 Å². The van der Waals surface area contributed by atoms with Gasteiger partial charge in [0.05, 0.1) is 15.3 Å². The number of thioether (sulfide) groups is 1. The zero-order chi connectivity index (χ0) is 15.7. The van der Waals surface area contributed by atoms with E-state index in [1.807, 2.05) is 6.92 Å². The predicted octanol–water partition coefficient (Wildman–Crippen LogP) is 3.41. The summed E-state index contributed by atoms with van der Waals surface area (Å²) in [6.45, 7) is 1.47. The molecule has 1 heterocycles. The Kier molecular flexibility index (Phi) is 5.14. The first-order valence-electron chi connectivity index (χ1n) is 6.00. The highest BCUT2D eigenvalue weighted by molar-refractivity contribution is 8.24. The Hall–Kier alpha value is -0.820. The van der Waals surface area contributed by atoms with Gasteiger partial charge in [0.1, 0.15) is 10.9 Å². The number of carbonyl (C=O) groups is 2. The van der Waals surface area contributed by atoms with Crippen molar-refractivity contribution in [3.63, 3.8) is 0 Å². The highest BCUT2D eigenvalue weighted by atomic mass is 35.5. The molecule has 112 valence electrons. The highest BCUT2D eigenvalue weighted by Gasteiger charge is 2.41. The maximum absolute atomic E-state index is 12.3. The van der Waals surface area contributed by atoms with Crippen LogP contribution in [0.3, 0.4) is 0 Å². The van der Waals surface area contributed by atoms with Crippen molar-refractivity contribution in [2.24, 2.45) is 0 Å². The lowest BCUT2D eigenvalue weighted by Gasteiger charge is -2.18. The Morgan fingerprint density at radius 2 is 2.14 bits per heavy atom. The SMILES string of the molecule is CC(c1ccc(Cl)c(Cl)c1)C1SC(=S)N(CC(=O)O)C1=O. The third kappa shape index (κ3) is 3.51. The molecule has 2 rings (SSSR count). The largest absolute Gasteiger partial charge is 0.480 e. The van der Waals surface area contributed by atoms with Crippen molar-refractivity contribution in [2.75, 3.05) is 6.54 Å². The van der Waals surface area contributed by atoms with E-state index in [0.29, 0.717) is 14.4 Å². The summed E-state index contributed by atoms with van der Waals surface area (Å²) in [6.07, 6.45) is 0. The molecule has 0 saturated carbocycles. The minimum absolute atomic E-state index is 0.158. The highest BCUT2D eigenvalue weighted by Crippen LogP contribution is 2.38. The van der Waals surface area contributed by atoms with Gasteiger partial charge in [-0.1, -0.05) is 60.2 Å². The van der Waals surface area contributed by atoms with Crippen LogP contribution >= 0.6 is 47.2 Å². The average Bonchev–Trinajstić information content (AvgIpc) is 2.68. The summed E-state index contributed by atoms with van der Waals surface area (Å²) in [5, 5.41) is 9.24. The zero-order valence-corrected chi connectivity index (χ0v) is 14.0. The Morgan fingerprint density at radius 1 is 1.48 bits per heavy atom. The van der Waals surface area contributed by atoms with Gasteiger partial charge >= 0.3 is 5.97 Å². The number of hydrogen-bond acceptors (Lipinski definition) is 4. The van der Waals surface area contributed by atoms with Gasteiger partial charge in [0.15, 0.2) is 0 Å². The number of hydrogen-bond donors (Lipinski definition) is 1. The number of benzene rings is 1. The van der Waals surface area contributed by atoms with Gasteiger partial charge in [0, 0.05) is 5.92 Å². The molecule has 8 heteroatoms. The average molecular weight is 364 g/mol. The van der Waals surface area contributed by atoms with Crippen molar-refractivity contribution in [1.82, 2.24) is 4.90 Å². The van der Waals surface area contributed by atoms with E-state index in [1.54, 1.807) is 18.2 Å². The summed E-state index contributed by atoms with van der Waals surface area (Å²) >= 11 is 18.2. The molecule has 1 amide bonds. The number of carboxylic acid groups (broad SMARTS) is 1. The second kappa shape index (κ2) is 6.52. The first kappa shape index (κ1) is 16.5. The molecule has 1 aromatic rings. The molecule has 21 heavy (non-hydrogen) atoms. The molecular weight excluding hydrogens is 353 g/mol. The second-order valence-corrected chi connectivity index (χ2v) is 7.17. The van der Waals surface area contributed by atoms with Crippen molar-refractivity contribution < 1.29 is 14.7 Å². The number of carboxylic acids is 1. The Morgan fingerprint density at radius 3 is 2.71 bits per heavy atom. The molecule has 2 unspecified atom stereocenters. The van der Waals surface area contributed by atoms with E-state index in [1.165, 1.54) is 11.8 Å². The molecule has 0 aliphatic carbocycles. The molecule has 0 radical (unpaired) electrons. The Bertz CT molecular complexity index is 623. The molecule has 1 aliphatic heterocycles. The normalized spacial score (nSPS) is 20.0. The lowest BCUT2D eigenvalue weighted by Crippen LogP contribution is -2.36. The molecule has 0 aromatic heterocycles. The van der Waals surface area contributed by atoms with Crippen LogP contribution in [0.25, 0.3) is 0 Å². The van der Waals surface area contributed by atoms with E-state index in [0.717, 1.165) is 10.5 Å². The Labute approximate surface area is 141 Å². The summed E-state index contributed by atoms with van der Waals surface area (Å²) < 4.78 is 0.291. The van der Waals surface area contributed by atoms with Gasteiger partial charge in [-0.05, 0) is 17.7 Å². The van der Waals surface area contributed by atoms with E-state index < -0.39 is 17.8 Å². The Balaban J connectivity index is 2.22. The van der Waals surface area contributed by atoms with E-state index in [9.17, 15) is 9.59 Å². The number of nitrogens with zero attached hydrogens (tertiary/aromatic N) is 1. The molecule has 2 atom stereocenters. The molecule has 1 aliphatic rings. The third-order valence-electron chi connectivity index (χ3n) is 3.17. The number of aliphatic carboxylic acids is 1.